The molecule has 0 amide bonds. The van der Waals surface area contributed by atoms with Gasteiger partial charge in [-0.25, -0.2) is 0 Å². The van der Waals surface area contributed by atoms with Crippen molar-refractivity contribution in [1.82, 2.24) is 0 Å². The molecule has 0 bridgehead atoms. The van der Waals surface area contributed by atoms with E-state index in [0.717, 1.165) is 10.9 Å². The van der Waals surface area contributed by atoms with Crippen molar-refractivity contribution in [3.05, 3.63) is 11.1 Å². The Bertz CT molecular complexity index is 198. The normalized spacial score (nSPS) is 10.9. The number of halogens is 1. The Morgan fingerprint density at radius 3 is 1.20 bits per heavy atom. The van der Waals surface area contributed by atoms with E-state index in [2.05, 4.69) is 29.4 Å². The highest BCUT2D eigenvalue weighted by atomic mass is 79.9. The van der Waals surface area contributed by atoms with E-state index in [-0.39, 0.29) is 0 Å². The van der Waals surface area contributed by atoms with Gasteiger partial charge in [0.2, 0.25) is 0 Å². The van der Waals surface area contributed by atoms with Crippen LogP contribution in [0, 0.1) is 0 Å². The second-order valence-electron chi connectivity index (χ2n) is 6.22. The van der Waals surface area contributed by atoms with E-state index in [1.54, 1.807) is 0 Å². The van der Waals surface area contributed by atoms with E-state index in [0.29, 0.717) is 0 Å². The van der Waals surface area contributed by atoms with Crippen molar-refractivity contribution in [3.8, 4) is 0 Å². The molecule has 0 aromatic heterocycles. The van der Waals surface area contributed by atoms with Crippen LogP contribution in [-0.2, 0) is 0 Å². The number of hydrogen-bond acceptors (Lipinski definition) is 0. The molecular formula is C19H37Br. The van der Waals surface area contributed by atoms with Gasteiger partial charge in [0.15, 0.2) is 0 Å². The maximum atomic E-state index is 3.88. The molecule has 0 unspecified atom stereocenters. The molecular weight excluding hydrogens is 308 g/mol. The lowest BCUT2D eigenvalue weighted by molar-refractivity contribution is 0.532. The minimum absolute atomic E-state index is 1.15. The van der Waals surface area contributed by atoms with Crippen LogP contribution < -0.4 is 0 Å². The first kappa shape index (κ1) is 20.2. The van der Waals surface area contributed by atoms with E-state index >= 15 is 0 Å². The van der Waals surface area contributed by atoms with E-state index in [4.69, 9.17) is 0 Å². The molecule has 0 fully saturated rings. The van der Waals surface area contributed by atoms with Gasteiger partial charge in [-0.15, -0.1) is 0 Å². The number of hydrogen-bond donors (Lipinski definition) is 0. The van der Waals surface area contributed by atoms with Crippen molar-refractivity contribution in [1.29, 1.82) is 0 Å². The minimum atomic E-state index is 1.15. The summed E-state index contributed by atoms with van der Waals surface area (Å²) in [5, 5.41) is 0. The van der Waals surface area contributed by atoms with Crippen LogP contribution in [-0.4, -0.2) is 0 Å². The van der Waals surface area contributed by atoms with Crippen LogP contribution in [0.2, 0.25) is 0 Å². The van der Waals surface area contributed by atoms with Crippen molar-refractivity contribution in [2.24, 2.45) is 0 Å². The van der Waals surface area contributed by atoms with Crippen LogP contribution in [0.3, 0.4) is 0 Å². The standard InChI is InChI=1S/C19H37Br/c1-3-4-5-6-7-8-9-10-11-12-13-14-15-16-17-18-19(2)20/h2-18H2,1H3. The van der Waals surface area contributed by atoms with Gasteiger partial charge in [0.25, 0.3) is 0 Å². The van der Waals surface area contributed by atoms with E-state index < -0.39 is 0 Å². The predicted octanol–water partition coefficient (Wildman–Crippen LogP) is 8.16. The Hall–Kier alpha value is 0.220. The van der Waals surface area contributed by atoms with Crippen molar-refractivity contribution >= 4 is 15.9 Å². The summed E-state index contributed by atoms with van der Waals surface area (Å²) in [5.41, 5.74) is 0. The quantitative estimate of drug-likeness (QED) is 0.248. The average Bonchev–Trinajstić information content (AvgIpc) is 2.43. The second-order valence-corrected chi connectivity index (χ2v) is 7.34. The number of rotatable bonds is 16. The molecule has 0 heterocycles. The molecule has 0 aliphatic carbocycles. The van der Waals surface area contributed by atoms with Crippen LogP contribution >= 0.6 is 15.9 Å². The van der Waals surface area contributed by atoms with E-state index in [1.807, 2.05) is 0 Å². The maximum absolute atomic E-state index is 3.88. The lowest BCUT2D eigenvalue weighted by Gasteiger charge is -2.03. The molecule has 0 aliphatic rings. The molecule has 0 saturated heterocycles. The molecule has 20 heavy (non-hydrogen) atoms. The fourth-order valence-electron chi connectivity index (χ4n) is 2.69. The molecule has 0 aliphatic heterocycles. The van der Waals surface area contributed by atoms with Crippen molar-refractivity contribution < 1.29 is 0 Å². The summed E-state index contributed by atoms with van der Waals surface area (Å²) in [6.07, 6.45) is 22.7. The fraction of sp³-hybridized carbons (Fsp3) is 0.895. The summed E-state index contributed by atoms with van der Waals surface area (Å²) >= 11 is 3.42. The lowest BCUT2D eigenvalue weighted by atomic mass is 10.0. The monoisotopic (exact) mass is 344 g/mol. The zero-order valence-corrected chi connectivity index (χ0v) is 15.5. The summed E-state index contributed by atoms with van der Waals surface area (Å²) in [7, 11) is 0. The van der Waals surface area contributed by atoms with Gasteiger partial charge < -0.3 is 0 Å². The lowest BCUT2D eigenvalue weighted by Crippen LogP contribution is -1.83. The van der Waals surface area contributed by atoms with Gasteiger partial charge in [-0.2, -0.15) is 0 Å². The van der Waals surface area contributed by atoms with Crippen LogP contribution in [0.1, 0.15) is 110 Å². The highest BCUT2D eigenvalue weighted by molar-refractivity contribution is 9.11. The molecule has 0 aromatic rings. The van der Waals surface area contributed by atoms with Crippen LogP contribution in [0.4, 0.5) is 0 Å². The molecule has 0 radical (unpaired) electrons. The first-order chi connectivity index (χ1) is 9.77. The second kappa shape index (κ2) is 17.3. The van der Waals surface area contributed by atoms with Gasteiger partial charge in [0.05, 0.1) is 0 Å². The molecule has 0 N–H and O–H groups in total. The summed E-state index contributed by atoms with van der Waals surface area (Å²) < 4.78 is 1.16. The van der Waals surface area contributed by atoms with E-state index in [1.165, 1.54) is 96.3 Å². The highest BCUT2D eigenvalue weighted by Crippen LogP contribution is 2.15. The third-order valence-electron chi connectivity index (χ3n) is 4.05. The van der Waals surface area contributed by atoms with Crippen LogP contribution in [0.5, 0.6) is 0 Å². The molecule has 0 saturated carbocycles. The van der Waals surface area contributed by atoms with Crippen LogP contribution in [0.25, 0.3) is 0 Å². The van der Waals surface area contributed by atoms with Crippen LogP contribution in [0.15, 0.2) is 11.1 Å². The molecule has 0 nitrogen and oxygen atoms in total. The minimum Gasteiger partial charge on any atom is -0.0889 e. The molecule has 0 spiro atoms. The predicted molar refractivity (Wildman–Crippen MR) is 97.6 cm³/mol. The molecule has 0 rings (SSSR count). The number of allylic oxidation sites excluding steroid dienone is 1. The zero-order chi connectivity index (χ0) is 14.9. The zero-order valence-electron chi connectivity index (χ0n) is 13.9. The maximum Gasteiger partial charge on any atom is -0.0121 e. The molecule has 120 valence electrons. The molecule has 1 heteroatoms. The summed E-state index contributed by atoms with van der Waals surface area (Å²) in [6.45, 7) is 6.17. The largest absolute Gasteiger partial charge is 0.0889 e. The van der Waals surface area contributed by atoms with Gasteiger partial charge in [-0.1, -0.05) is 119 Å². The summed E-state index contributed by atoms with van der Waals surface area (Å²) in [4.78, 5) is 0. The average molecular weight is 345 g/mol. The first-order valence-electron chi connectivity index (χ1n) is 9.10. The van der Waals surface area contributed by atoms with Gasteiger partial charge in [0, 0.05) is 0 Å². The Balaban J connectivity index is 2.94. The van der Waals surface area contributed by atoms with Crippen molar-refractivity contribution in [2.75, 3.05) is 0 Å². The van der Waals surface area contributed by atoms with Gasteiger partial charge in [-0.05, 0) is 17.3 Å². The Labute approximate surface area is 136 Å². The summed E-state index contributed by atoms with van der Waals surface area (Å²) in [5.74, 6) is 0. The van der Waals surface area contributed by atoms with Gasteiger partial charge in [-0.3, -0.25) is 0 Å². The Kier molecular flexibility index (Phi) is 17.5. The Morgan fingerprint density at radius 1 is 0.600 bits per heavy atom. The number of unbranched alkanes of at least 4 members (excludes halogenated alkanes) is 14. The first-order valence-corrected chi connectivity index (χ1v) is 9.90. The Morgan fingerprint density at radius 2 is 0.900 bits per heavy atom. The van der Waals surface area contributed by atoms with Crippen molar-refractivity contribution in [2.45, 2.75) is 110 Å². The SMILES string of the molecule is C=C(Br)CCCCCCCCCCCCCCCCC. The summed E-state index contributed by atoms with van der Waals surface area (Å²) in [6, 6.07) is 0. The fourth-order valence-corrected chi connectivity index (χ4v) is 2.97. The third kappa shape index (κ3) is 18.2. The third-order valence-corrected chi connectivity index (χ3v) is 4.45. The molecule has 0 aromatic carbocycles. The highest BCUT2D eigenvalue weighted by Gasteiger charge is 1.94. The van der Waals surface area contributed by atoms with Crippen molar-refractivity contribution in [3.63, 3.8) is 0 Å². The smallest absolute Gasteiger partial charge is 0.0121 e. The topological polar surface area (TPSA) is 0 Å². The van der Waals surface area contributed by atoms with E-state index in [9.17, 15) is 0 Å². The van der Waals surface area contributed by atoms with Gasteiger partial charge in [0.1, 0.15) is 0 Å². The van der Waals surface area contributed by atoms with Gasteiger partial charge >= 0.3 is 0 Å². The molecule has 0 atom stereocenters.